The normalized spacial score (nSPS) is 18.5. The Morgan fingerprint density at radius 3 is 2.89 bits per heavy atom. The second-order valence-corrected chi connectivity index (χ2v) is 4.94. The van der Waals surface area contributed by atoms with E-state index in [2.05, 4.69) is 15.5 Å². The number of nitrogens with zero attached hydrogens (tertiary/aromatic N) is 1. The molecule has 2 aliphatic rings. The summed E-state index contributed by atoms with van der Waals surface area (Å²) in [6.07, 6.45) is 1.16. The van der Waals surface area contributed by atoms with Crippen LogP contribution in [-0.2, 0) is 0 Å². The van der Waals surface area contributed by atoms with Gasteiger partial charge in [-0.05, 0) is 25.1 Å². The maximum atomic E-state index is 5.36. The van der Waals surface area contributed by atoms with E-state index in [-0.39, 0.29) is 0 Å². The Bertz CT molecular complexity index is 419. The van der Waals surface area contributed by atoms with E-state index < -0.39 is 0 Å². The minimum Gasteiger partial charge on any atom is -0.454 e. The van der Waals surface area contributed by atoms with E-state index in [1.807, 2.05) is 18.2 Å². The summed E-state index contributed by atoms with van der Waals surface area (Å²) in [5.41, 5.74) is 1.10. The largest absolute Gasteiger partial charge is 0.454 e. The molecule has 0 unspecified atom stereocenters. The first kappa shape index (κ1) is 12.6. The predicted molar refractivity (Wildman–Crippen MR) is 75.0 cm³/mol. The maximum Gasteiger partial charge on any atom is 0.231 e. The van der Waals surface area contributed by atoms with Crippen LogP contribution in [0.1, 0.15) is 6.42 Å². The molecule has 0 saturated carbocycles. The van der Waals surface area contributed by atoms with Crippen molar-refractivity contribution in [1.82, 2.24) is 10.2 Å². The lowest BCUT2D eigenvalue weighted by molar-refractivity contribution is 0.174. The Kier molecular flexibility index (Phi) is 4.05. The van der Waals surface area contributed by atoms with Crippen molar-refractivity contribution < 1.29 is 9.47 Å². The number of ether oxygens (including phenoxy) is 2. The van der Waals surface area contributed by atoms with Crippen LogP contribution in [0.25, 0.3) is 0 Å². The van der Waals surface area contributed by atoms with Gasteiger partial charge >= 0.3 is 0 Å². The fourth-order valence-corrected chi connectivity index (χ4v) is 2.48. The zero-order valence-corrected chi connectivity index (χ0v) is 11.2. The van der Waals surface area contributed by atoms with Gasteiger partial charge in [-0.1, -0.05) is 0 Å². The summed E-state index contributed by atoms with van der Waals surface area (Å²) in [5.74, 6) is 1.68. The smallest absolute Gasteiger partial charge is 0.231 e. The molecule has 0 radical (unpaired) electrons. The minimum atomic E-state index is 0.335. The lowest BCUT2D eigenvalue weighted by Crippen LogP contribution is -2.44. The number of nitrogens with one attached hydrogen (secondary N) is 2. The van der Waals surface area contributed by atoms with Crippen LogP contribution in [0.3, 0.4) is 0 Å². The van der Waals surface area contributed by atoms with Crippen molar-refractivity contribution in [2.24, 2.45) is 0 Å². The molecule has 1 fully saturated rings. The molecule has 2 aliphatic heterocycles. The van der Waals surface area contributed by atoms with Crippen LogP contribution in [0.4, 0.5) is 5.69 Å². The zero-order valence-electron chi connectivity index (χ0n) is 11.2. The third-order valence-corrected chi connectivity index (χ3v) is 3.56. The Balaban J connectivity index is 1.40. The highest BCUT2D eigenvalue weighted by molar-refractivity contribution is 5.55. The average molecular weight is 263 g/mol. The molecule has 5 heteroatoms. The van der Waals surface area contributed by atoms with Gasteiger partial charge < -0.3 is 25.0 Å². The van der Waals surface area contributed by atoms with Crippen molar-refractivity contribution in [3.8, 4) is 11.5 Å². The Hall–Kier alpha value is -1.46. The van der Waals surface area contributed by atoms with Gasteiger partial charge in [0.05, 0.1) is 0 Å². The molecule has 2 N–H and O–H groups in total. The van der Waals surface area contributed by atoms with Crippen LogP contribution in [-0.4, -0.2) is 51.0 Å². The zero-order chi connectivity index (χ0) is 12.9. The van der Waals surface area contributed by atoms with Gasteiger partial charge in [0.2, 0.25) is 6.79 Å². The molecule has 1 aromatic carbocycles. The van der Waals surface area contributed by atoms with Gasteiger partial charge in [-0.3, -0.25) is 0 Å². The predicted octanol–water partition coefficient (Wildman–Crippen LogP) is 1.12. The third-order valence-electron chi connectivity index (χ3n) is 3.56. The molecule has 3 rings (SSSR count). The van der Waals surface area contributed by atoms with E-state index in [0.29, 0.717) is 6.79 Å². The van der Waals surface area contributed by atoms with Crippen LogP contribution >= 0.6 is 0 Å². The molecule has 0 amide bonds. The number of benzene rings is 1. The van der Waals surface area contributed by atoms with Gasteiger partial charge in [-0.25, -0.2) is 0 Å². The number of anilines is 1. The molecule has 5 nitrogen and oxygen atoms in total. The van der Waals surface area contributed by atoms with E-state index in [4.69, 9.17) is 9.47 Å². The summed E-state index contributed by atoms with van der Waals surface area (Å²) in [6.45, 7) is 7.07. The molecule has 104 valence electrons. The first-order chi connectivity index (χ1) is 9.42. The van der Waals surface area contributed by atoms with E-state index in [1.54, 1.807) is 0 Å². The SMILES string of the molecule is c1cc2c(cc1NCCCN1CCNCC1)OCO2. The van der Waals surface area contributed by atoms with Crippen molar-refractivity contribution in [1.29, 1.82) is 0 Å². The highest BCUT2D eigenvalue weighted by Gasteiger charge is 2.13. The first-order valence-corrected chi connectivity index (χ1v) is 6.98. The van der Waals surface area contributed by atoms with Crippen molar-refractivity contribution >= 4 is 5.69 Å². The molecule has 2 heterocycles. The standard InChI is InChI=1S/C14H21N3O2/c1(7-17-8-5-15-6-9-17)4-16-12-2-3-13-14(10-12)19-11-18-13/h2-3,10,15-16H,1,4-9,11H2. The minimum absolute atomic E-state index is 0.335. The lowest BCUT2D eigenvalue weighted by atomic mass is 10.2. The van der Waals surface area contributed by atoms with Crippen molar-refractivity contribution in [2.45, 2.75) is 6.42 Å². The van der Waals surface area contributed by atoms with Crippen LogP contribution in [0.2, 0.25) is 0 Å². The number of piperazine rings is 1. The third kappa shape index (κ3) is 3.30. The summed E-state index contributed by atoms with van der Waals surface area (Å²) < 4.78 is 10.7. The Labute approximate surface area is 113 Å². The quantitative estimate of drug-likeness (QED) is 0.780. The van der Waals surface area contributed by atoms with E-state index in [0.717, 1.165) is 43.2 Å². The van der Waals surface area contributed by atoms with Crippen LogP contribution in [0.5, 0.6) is 11.5 Å². The summed E-state index contributed by atoms with van der Waals surface area (Å²) in [7, 11) is 0. The molecule has 19 heavy (non-hydrogen) atoms. The number of hydrogen-bond acceptors (Lipinski definition) is 5. The van der Waals surface area contributed by atoms with Crippen LogP contribution in [0, 0.1) is 0 Å². The summed E-state index contributed by atoms with van der Waals surface area (Å²) in [5, 5.41) is 6.81. The van der Waals surface area contributed by atoms with E-state index in [1.165, 1.54) is 19.6 Å². The fourth-order valence-electron chi connectivity index (χ4n) is 2.48. The van der Waals surface area contributed by atoms with Gasteiger partial charge in [0, 0.05) is 44.5 Å². The molecule has 1 saturated heterocycles. The second kappa shape index (κ2) is 6.12. The van der Waals surface area contributed by atoms with Crippen molar-refractivity contribution in [3.05, 3.63) is 18.2 Å². The topological polar surface area (TPSA) is 45.8 Å². The fraction of sp³-hybridized carbons (Fsp3) is 0.571. The van der Waals surface area contributed by atoms with Gasteiger partial charge in [0.1, 0.15) is 0 Å². The Morgan fingerprint density at radius 2 is 2.00 bits per heavy atom. The lowest BCUT2D eigenvalue weighted by Gasteiger charge is -2.27. The average Bonchev–Trinajstić information content (AvgIpc) is 2.92. The molecule has 0 aromatic heterocycles. The molecular weight excluding hydrogens is 242 g/mol. The maximum absolute atomic E-state index is 5.36. The Morgan fingerprint density at radius 1 is 1.16 bits per heavy atom. The van der Waals surface area contributed by atoms with Crippen molar-refractivity contribution in [3.63, 3.8) is 0 Å². The molecular formula is C14H21N3O2. The van der Waals surface area contributed by atoms with Crippen molar-refractivity contribution in [2.75, 3.05) is 51.4 Å². The highest BCUT2D eigenvalue weighted by atomic mass is 16.7. The summed E-state index contributed by atoms with van der Waals surface area (Å²) in [6, 6.07) is 6.01. The van der Waals surface area contributed by atoms with Gasteiger partial charge in [-0.2, -0.15) is 0 Å². The summed E-state index contributed by atoms with van der Waals surface area (Å²) in [4.78, 5) is 2.51. The molecule has 0 atom stereocenters. The second-order valence-electron chi connectivity index (χ2n) is 4.94. The highest BCUT2D eigenvalue weighted by Crippen LogP contribution is 2.34. The van der Waals surface area contributed by atoms with Crippen LogP contribution in [0.15, 0.2) is 18.2 Å². The first-order valence-electron chi connectivity index (χ1n) is 6.98. The monoisotopic (exact) mass is 263 g/mol. The summed E-state index contributed by atoms with van der Waals surface area (Å²) >= 11 is 0. The van der Waals surface area contributed by atoms with Gasteiger partial charge in [-0.15, -0.1) is 0 Å². The van der Waals surface area contributed by atoms with Gasteiger partial charge in [0.15, 0.2) is 11.5 Å². The van der Waals surface area contributed by atoms with Crippen LogP contribution < -0.4 is 20.1 Å². The van der Waals surface area contributed by atoms with Gasteiger partial charge in [0.25, 0.3) is 0 Å². The van der Waals surface area contributed by atoms with E-state index >= 15 is 0 Å². The molecule has 1 aromatic rings. The number of rotatable bonds is 5. The molecule has 0 aliphatic carbocycles. The van der Waals surface area contributed by atoms with E-state index in [9.17, 15) is 0 Å². The number of hydrogen-bond donors (Lipinski definition) is 2. The molecule has 0 spiro atoms. The molecule has 0 bridgehead atoms. The number of fused-ring (bicyclic) bond motifs is 1.